The summed E-state index contributed by atoms with van der Waals surface area (Å²) >= 11 is 6.04. The first-order valence-corrected chi connectivity index (χ1v) is 6.39. The van der Waals surface area contributed by atoms with Crippen molar-refractivity contribution in [2.24, 2.45) is 0 Å². The topological polar surface area (TPSA) is 50.9 Å². The van der Waals surface area contributed by atoms with Gasteiger partial charge >= 0.3 is 0 Å². The third kappa shape index (κ3) is 2.89. The van der Waals surface area contributed by atoms with Gasteiger partial charge in [-0.15, -0.1) is 0 Å². The number of aromatic nitrogens is 3. The molecular formula is C13H16ClN3O. The number of nitrogens with zero attached hydrogens (tertiary/aromatic N) is 3. The maximum atomic E-state index is 10.2. The van der Waals surface area contributed by atoms with Crippen molar-refractivity contribution in [3.63, 3.8) is 0 Å². The summed E-state index contributed by atoms with van der Waals surface area (Å²) in [6.07, 6.45) is 4.02. The molecule has 0 aliphatic rings. The molecular weight excluding hydrogens is 250 g/mol. The van der Waals surface area contributed by atoms with Crippen molar-refractivity contribution in [1.29, 1.82) is 0 Å². The van der Waals surface area contributed by atoms with E-state index in [9.17, 15) is 5.11 Å². The molecule has 0 amide bonds. The first-order chi connectivity index (χ1) is 8.72. The summed E-state index contributed by atoms with van der Waals surface area (Å²) in [5, 5.41) is 14.8. The van der Waals surface area contributed by atoms with Gasteiger partial charge in [0.05, 0.1) is 23.0 Å². The van der Waals surface area contributed by atoms with Gasteiger partial charge in [-0.2, -0.15) is 5.10 Å². The van der Waals surface area contributed by atoms with Crippen LogP contribution in [0, 0.1) is 0 Å². The van der Waals surface area contributed by atoms with Crippen molar-refractivity contribution in [2.75, 3.05) is 0 Å². The molecule has 0 radical (unpaired) electrons. The minimum absolute atomic E-state index is 0.519. The molecule has 0 aromatic carbocycles. The molecule has 4 nitrogen and oxygen atoms in total. The lowest BCUT2D eigenvalue weighted by atomic mass is 10.1. The van der Waals surface area contributed by atoms with Crippen LogP contribution in [0.1, 0.15) is 30.8 Å². The number of aliphatic hydroxyl groups excluding tert-OH is 1. The van der Waals surface area contributed by atoms with E-state index in [1.54, 1.807) is 17.1 Å². The van der Waals surface area contributed by atoms with Crippen LogP contribution in [0.25, 0.3) is 0 Å². The Balaban J connectivity index is 2.03. The Bertz CT molecular complexity index is 498. The molecule has 0 saturated carbocycles. The summed E-state index contributed by atoms with van der Waals surface area (Å²) in [5.41, 5.74) is 1.66. The third-order valence-corrected chi connectivity index (χ3v) is 3.14. The highest BCUT2D eigenvalue weighted by Gasteiger charge is 2.17. The summed E-state index contributed by atoms with van der Waals surface area (Å²) < 4.78 is 1.73. The predicted octanol–water partition coefficient (Wildman–Crippen LogP) is 2.62. The van der Waals surface area contributed by atoms with Crippen LogP contribution in [0.5, 0.6) is 0 Å². The Morgan fingerprint density at radius 2 is 2.28 bits per heavy atom. The van der Waals surface area contributed by atoms with Crippen molar-refractivity contribution >= 4 is 11.6 Å². The smallest absolute Gasteiger partial charge is 0.0975 e. The molecule has 2 aromatic rings. The Morgan fingerprint density at radius 1 is 1.44 bits per heavy atom. The molecule has 0 aliphatic heterocycles. The monoisotopic (exact) mass is 265 g/mol. The summed E-state index contributed by atoms with van der Waals surface area (Å²) in [5.74, 6) is 0. The van der Waals surface area contributed by atoms with Crippen LogP contribution in [0.2, 0.25) is 5.02 Å². The molecule has 5 heteroatoms. The van der Waals surface area contributed by atoms with Crippen molar-refractivity contribution in [1.82, 2.24) is 14.8 Å². The van der Waals surface area contributed by atoms with Gasteiger partial charge in [-0.05, 0) is 31.9 Å². The van der Waals surface area contributed by atoms with Crippen LogP contribution < -0.4 is 0 Å². The zero-order valence-electron chi connectivity index (χ0n) is 10.3. The van der Waals surface area contributed by atoms with Crippen LogP contribution >= 0.6 is 11.6 Å². The lowest BCUT2D eigenvalue weighted by Gasteiger charge is -2.12. The number of aryl methyl sites for hydroxylation is 2. The Kier molecular flexibility index (Phi) is 4.33. The molecule has 1 atom stereocenters. The number of pyridine rings is 1. The maximum absolute atomic E-state index is 10.2. The fourth-order valence-electron chi connectivity index (χ4n) is 1.92. The first-order valence-electron chi connectivity index (χ1n) is 6.01. The Labute approximate surface area is 111 Å². The highest BCUT2D eigenvalue weighted by molar-refractivity contribution is 6.31. The van der Waals surface area contributed by atoms with Crippen molar-refractivity contribution in [2.45, 2.75) is 32.4 Å². The van der Waals surface area contributed by atoms with E-state index in [4.69, 9.17) is 11.6 Å². The van der Waals surface area contributed by atoms with Gasteiger partial charge < -0.3 is 5.11 Å². The fourth-order valence-corrected chi connectivity index (χ4v) is 2.19. The summed E-state index contributed by atoms with van der Waals surface area (Å²) in [6, 6.07) is 5.77. The standard InChI is InChI=1S/C13H16ClN3O/c1-2-17-13(11(14)9-16-17)12(18)7-6-10-5-3-4-8-15-10/h3-5,8-9,12,18H,2,6-7H2,1H3. The van der Waals surface area contributed by atoms with Crippen LogP contribution in [0.3, 0.4) is 0 Å². The molecule has 18 heavy (non-hydrogen) atoms. The average molecular weight is 266 g/mol. The highest BCUT2D eigenvalue weighted by atomic mass is 35.5. The highest BCUT2D eigenvalue weighted by Crippen LogP contribution is 2.25. The molecule has 0 saturated heterocycles. The number of hydrogen-bond acceptors (Lipinski definition) is 3. The summed E-state index contributed by atoms with van der Waals surface area (Å²) in [6.45, 7) is 2.67. The minimum Gasteiger partial charge on any atom is -0.387 e. The van der Waals surface area contributed by atoms with Gasteiger partial charge in [-0.25, -0.2) is 0 Å². The zero-order valence-corrected chi connectivity index (χ0v) is 11.0. The number of rotatable bonds is 5. The molecule has 0 spiro atoms. The first kappa shape index (κ1) is 13.1. The van der Waals surface area contributed by atoms with E-state index >= 15 is 0 Å². The predicted molar refractivity (Wildman–Crippen MR) is 70.4 cm³/mol. The van der Waals surface area contributed by atoms with E-state index < -0.39 is 6.10 Å². The maximum Gasteiger partial charge on any atom is 0.0975 e. The third-order valence-electron chi connectivity index (χ3n) is 2.85. The van der Waals surface area contributed by atoms with Crippen LogP contribution in [0.4, 0.5) is 0 Å². The normalized spacial score (nSPS) is 12.6. The van der Waals surface area contributed by atoms with E-state index in [1.165, 1.54) is 0 Å². The molecule has 2 heterocycles. The summed E-state index contributed by atoms with van der Waals surface area (Å²) in [4.78, 5) is 4.23. The molecule has 0 fully saturated rings. The Hall–Kier alpha value is -1.39. The molecule has 2 aromatic heterocycles. The van der Waals surface area contributed by atoms with E-state index in [0.717, 1.165) is 5.69 Å². The van der Waals surface area contributed by atoms with Crippen molar-refractivity contribution in [3.05, 3.63) is 47.0 Å². The van der Waals surface area contributed by atoms with Gasteiger partial charge in [0, 0.05) is 18.4 Å². The Morgan fingerprint density at radius 3 is 2.94 bits per heavy atom. The van der Waals surface area contributed by atoms with Gasteiger partial charge in [0.2, 0.25) is 0 Å². The van der Waals surface area contributed by atoms with Gasteiger partial charge in [-0.3, -0.25) is 9.67 Å². The second-order valence-corrected chi connectivity index (χ2v) is 4.48. The van der Waals surface area contributed by atoms with E-state index in [-0.39, 0.29) is 0 Å². The zero-order chi connectivity index (χ0) is 13.0. The molecule has 2 rings (SSSR count). The number of hydrogen-bond donors (Lipinski definition) is 1. The van der Waals surface area contributed by atoms with Crippen molar-refractivity contribution < 1.29 is 5.11 Å². The van der Waals surface area contributed by atoms with Crippen LogP contribution in [-0.4, -0.2) is 19.9 Å². The molecule has 96 valence electrons. The summed E-state index contributed by atoms with van der Waals surface area (Å²) in [7, 11) is 0. The molecule has 0 bridgehead atoms. The lowest BCUT2D eigenvalue weighted by molar-refractivity contribution is 0.156. The van der Waals surface area contributed by atoms with Gasteiger partial charge in [0.1, 0.15) is 0 Å². The van der Waals surface area contributed by atoms with Crippen LogP contribution in [0.15, 0.2) is 30.6 Å². The number of aliphatic hydroxyl groups is 1. The minimum atomic E-state index is -0.609. The van der Waals surface area contributed by atoms with E-state index in [1.807, 2.05) is 25.1 Å². The van der Waals surface area contributed by atoms with Crippen LogP contribution in [-0.2, 0) is 13.0 Å². The number of halogens is 1. The quantitative estimate of drug-likeness (QED) is 0.904. The van der Waals surface area contributed by atoms with E-state index in [2.05, 4.69) is 10.1 Å². The van der Waals surface area contributed by atoms with Gasteiger partial charge in [0.15, 0.2) is 0 Å². The largest absolute Gasteiger partial charge is 0.387 e. The van der Waals surface area contributed by atoms with Gasteiger partial charge in [-0.1, -0.05) is 17.7 Å². The molecule has 1 unspecified atom stereocenters. The molecule has 1 N–H and O–H groups in total. The SMILES string of the molecule is CCn1ncc(Cl)c1C(O)CCc1ccccn1. The second kappa shape index (κ2) is 5.98. The van der Waals surface area contributed by atoms with Crippen molar-refractivity contribution in [3.8, 4) is 0 Å². The van der Waals surface area contributed by atoms with Gasteiger partial charge in [0.25, 0.3) is 0 Å². The second-order valence-electron chi connectivity index (χ2n) is 4.07. The average Bonchev–Trinajstić information content (AvgIpc) is 2.78. The lowest BCUT2D eigenvalue weighted by Crippen LogP contribution is -2.09. The van der Waals surface area contributed by atoms with E-state index in [0.29, 0.717) is 30.1 Å². The fraction of sp³-hybridized carbons (Fsp3) is 0.385. The molecule has 0 aliphatic carbocycles.